The highest BCUT2D eigenvalue weighted by Crippen LogP contribution is 2.40. The summed E-state index contributed by atoms with van der Waals surface area (Å²) in [5.41, 5.74) is 2.11. The van der Waals surface area contributed by atoms with Gasteiger partial charge < -0.3 is 19.1 Å². The number of aliphatic imine (C=N–C) groups is 1. The van der Waals surface area contributed by atoms with Gasteiger partial charge in [-0.05, 0) is 41.1 Å². The average Bonchev–Trinajstić information content (AvgIpc) is 3.19. The number of thioether (sulfide) groups is 1. The summed E-state index contributed by atoms with van der Waals surface area (Å²) in [6.07, 6.45) is 1.82. The minimum atomic E-state index is -0.217. The second kappa shape index (κ2) is 10.1. The molecule has 0 atom stereocenters. The molecule has 1 saturated heterocycles. The smallest absolute Gasteiger partial charge is 0.286 e. The molecule has 1 fully saturated rings. The Morgan fingerprint density at radius 2 is 1.62 bits per heavy atom. The second-order valence-electron chi connectivity index (χ2n) is 7.52. The van der Waals surface area contributed by atoms with Gasteiger partial charge in [0.2, 0.25) is 5.75 Å². The maximum Gasteiger partial charge on any atom is 0.286 e. The Morgan fingerprint density at radius 1 is 0.969 bits per heavy atom. The molecule has 0 bridgehead atoms. The number of ether oxygens (including phenoxy) is 3. The van der Waals surface area contributed by atoms with E-state index in [0.29, 0.717) is 22.2 Å². The van der Waals surface area contributed by atoms with Crippen LogP contribution in [-0.4, -0.2) is 68.4 Å². The molecule has 32 heavy (non-hydrogen) atoms. The highest BCUT2D eigenvalue weighted by atomic mass is 32.2. The van der Waals surface area contributed by atoms with Gasteiger partial charge in [-0.15, -0.1) is 0 Å². The van der Waals surface area contributed by atoms with Gasteiger partial charge in [0.15, 0.2) is 16.7 Å². The lowest BCUT2D eigenvalue weighted by atomic mass is 10.1. The number of piperazine rings is 1. The summed E-state index contributed by atoms with van der Waals surface area (Å²) in [7, 11) is 4.71. The maximum absolute atomic E-state index is 12.6. The quantitative estimate of drug-likeness (QED) is 0.621. The van der Waals surface area contributed by atoms with E-state index in [0.717, 1.165) is 43.5 Å². The molecule has 0 aliphatic carbocycles. The van der Waals surface area contributed by atoms with Crippen LogP contribution in [-0.2, 0) is 11.3 Å². The third-order valence-electron chi connectivity index (χ3n) is 5.49. The zero-order chi connectivity index (χ0) is 22.5. The number of amidine groups is 1. The van der Waals surface area contributed by atoms with E-state index in [9.17, 15) is 4.79 Å². The number of carbonyl (C=O) groups is 1. The summed E-state index contributed by atoms with van der Waals surface area (Å²) in [6, 6.07) is 14.1. The molecular formula is C24H27N3O4S. The second-order valence-corrected chi connectivity index (χ2v) is 8.53. The number of carbonyl (C=O) groups excluding carboxylic acids is 1. The molecule has 1 amide bonds. The normalized spacial score (nSPS) is 18.1. The van der Waals surface area contributed by atoms with Crippen LogP contribution < -0.4 is 14.2 Å². The minimum absolute atomic E-state index is 0.217. The Balaban J connectivity index is 1.41. The lowest BCUT2D eigenvalue weighted by Gasteiger charge is -2.35. The first-order valence-electron chi connectivity index (χ1n) is 10.4. The van der Waals surface area contributed by atoms with Crippen molar-refractivity contribution in [1.82, 2.24) is 9.80 Å². The number of hydrogen-bond acceptors (Lipinski definition) is 7. The molecular weight excluding hydrogens is 426 g/mol. The van der Waals surface area contributed by atoms with E-state index >= 15 is 0 Å². The summed E-state index contributed by atoms with van der Waals surface area (Å²) >= 11 is 1.42. The van der Waals surface area contributed by atoms with Gasteiger partial charge >= 0.3 is 0 Å². The average molecular weight is 454 g/mol. The van der Waals surface area contributed by atoms with Crippen molar-refractivity contribution in [2.24, 2.45) is 4.99 Å². The van der Waals surface area contributed by atoms with E-state index in [-0.39, 0.29) is 5.91 Å². The van der Waals surface area contributed by atoms with Crippen molar-refractivity contribution in [1.29, 1.82) is 0 Å². The highest BCUT2D eigenvalue weighted by molar-refractivity contribution is 8.18. The molecule has 0 radical (unpaired) electrons. The Bertz CT molecular complexity index is 1010. The zero-order valence-corrected chi connectivity index (χ0v) is 19.4. The van der Waals surface area contributed by atoms with Crippen molar-refractivity contribution in [2.45, 2.75) is 6.54 Å². The van der Waals surface area contributed by atoms with Crippen LogP contribution >= 0.6 is 11.8 Å². The molecule has 2 aromatic rings. The van der Waals surface area contributed by atoms with E-state index in [2.05, 4.69) is 39.1 Å². The van der Waals surface area contributed by atoms with Crippen LogP contribution in [0.25, 0.3) is 6.08 Å². The first-order valence-corrected chi connectivity index (χ1v) is 11.3. The van der Waals surface area contributed by atoms with Crippen molar-refractivity contribution in [3.8, 4) is 17.2 Å². The summed E-state index contributed by atoms with van der Waals surface area (Å²) < 4.78 is 16.2. The van der Waals surface area contributed by atoms with E-state index in [1.807, 2.05) is 24.3 Å². The molecule has 0 saturated carbocycles. The van der Waals surface area contributed by atoms with E-state index in [4.69, 9.17) is 14.2 Å². The van der Waals surface area contributed by atoms with Crippen LogP contribution in [0.3, 0.4) is 0 Å². The molecule has 2 aromatic carbocycles. The molecule has 2 aliphatic rings. The van der Waals surface area contributed by atoms with Crippen molar-refractivity contribution >= 4 is 28.9 Å². The standard InChI is InChI=1S/C24H27N3O4S/c1-29-19-13-18(14-20(30-2)22(19)31-3)15-21-23(28)25-24(32-21)27-11-9-26(10-12-27)16-17-7-5-4-6-8-17/h4-8,13-15H,9-12,16H2,1-3H3/b21-15-. The van der Waals surface area contributed by atoms with Gasteiger partial charge in [0.25, 0.3) is 5.91 Å². The fourth-order valence-corrected chi connectivity index (χ4v) is 4.77. The lowest BCUT2D eigenvalue weighted by molar-refractivity contribution is -0.113. The van der Waals surface area contributed by atoms with E-state index in [1.54, 1.807) is 21.3 Å². The zero-order valence-electron chi connectivity index (χ0n) is 18.5. The van der Waals surface area contributed by atoms with Gasteiger partial charge in [-0.3, -0.25) is 9.69 Å². The van der Waals surface area contributed by atoms with Crippen molar-refractivity contribution < 1.29 is 19.0 Å². The lowest BCUT2D eigenvalue weighted by Crippen LogP contribution is -2.47. The molecule has 168 valence electrons. The number of methoxy groups -OCH3 is 3. The van der Waals surface area contributed by atoms with Gasteiger partial charge in [-0.25, -0.2) is 0 Å². The van der Waals surface area contributed by atoms with Crippen molar-refractivity contribution in [3.63, 3.8) is 0 Å². The largest absolute Gasteiger partial charge is 0.493 e. The van der Waals surface area contributed by atoms with Crippen LogP contribution in [0.2, 0.25) is 0 Å². The monoisotopic (exact) mass is 453 g/mol. The van der Waals surface area contributed by atoms with Crippen molar-refractivity contribution in [2.75, 3.05) is 47.5 Å². The molecule has 7 nitrogen and oxygen atoms in total. The van der Waals surface area contributed by atoms with Crippen LogP contribution in [0.15, 0.2) is 52.4 Å². The Hall–Kier alpha value is -2.97. The molecule has 2 heterocycles. The van der Waals surface area contributed by atoms with Crippen molar-refractivity contribution in [3.05, 3.63) is 58.5 Å². The fraction of sp³-hybridized carbons (Fsp3) is 0.333. The molecule has 0 unspecified atom stereocenters. The summed E-state index contributed by atoms with van der Waals surface area (Å²) in [4.78, 5) is 22.1. The first kappa shape index (κ1) is 22.2. The maximum atomic E-state index is 12.6. The Labute approximate surface area is 192 Å². The molecule has 0 spiro atoms. The van der Waals surface area contributed by atoms with Crippen LogP contribution in [0.1, 0.15) is 11.1 Å². The summed E-state index contributed by atoms with van der Waals surface area (Å²) in [6.45, 7) is 4.52. The fourth-order valence-electron chi connectivity index (χ4n) is 3.81. The predicted octanol–water partition coefficient (Wildman–Crippen LogP) is 3.50. The van der Waals surface area contributed by atoms with Gasteiger partial charge in [-0.1, -0.05) is 30.3 Å². The van der Waals surface area contributed by atoms with Gasteiger partial charge in [-0.2, -0.15) is 4.99 Å². The number of nitrogens with zero attached hydrogens (tertiary/aromatic N) is 3. The van der Waals surface area contributed by atoms with Crippen LogP contribution in [0.5, 0.6) is 17.2 Å². The number of amides is 1. The van der Waals surface area contributed by atoms with E-state index in [1.165, 1.54) is 17.3 Å². The molecule has 4 rings (SSSR count). The number of hydrogen-bond donors (Lipinski definition) is 0. The van der Waals surface area contributed by atoms with Gasteiger partial charge in [0.05, 0.1) is 26.2 Å². The molecule has 2 aliphatic heterocycles. The third-order valence-corrected chi connectivity index (χ3v) is 6.53. The van der Waals surface area contributed by atoms with Crippen LogP contribution in [0.4, 0.5) is 0 Å². The summed E-state index contributed by atoms with van der Waals surface area (Å²) in [5, 5.41) is 0.771. The van der Waals surface area contributed by atoms with E-state index < -0.39 is 0 Å². The number of rotatable bonds is 6. The predicted molar refractivity (Wildman–Crippen MR) is 127 cm³/mol. The summed E-state index contributed by atoms with van der Waals surface area (Å²) in [5.74, 6) is 1.40. The SMILES string of the molecule is COc1cc(/C=C2\SC(N3CCN(Cc4ccccc4)CC3)=NC2=O)cc(OC)c1OC. The van der Waals surface area contributed by atoms with Gasteiger partial charge in [0.1, 0.15) is 0 Å². The first-order chi connectivity index (χ1) is 15.6. The third kappa shape index (κ3) is 4.92. The van der Waals surface area contributed by atoms with Crippen LogP contribution in [0, 0.1) is 0 Å². The molecule has 0 aromatic heterocycles. The minimum Gasteiger partial charge on any atom is -0.493 e. The molecule has 0 N–H and O–H groups in total. The Morgan fingerprint density at radius 3 is 2.22 bits per heavy atom. The molecule has 8 heteroatoms. The number of benzene rings is 2. The Kier molecular flexibility index (Phi) is 7.02. The topological polar surface area (TPSA) is 63.6 Å². The van der Waals surface area contributed by atoms with Gasteiger partial charge in [0, 0.05) is 32.7 Å². The highest BCUT2D eigenvalue weighted by Gasteiger charge is 2.28.